The van der Waals surface area contributed by atoms with E-state index in [0.717, 1.165) is 32.4 Å². The number of nitrogens with zero attached hydrogens (tertiary/aromatic N) is 1. The summed E-state index contributed by atoms with van der Waals surface area (Å²) in [5, 5.41) is 0. The maximum atomic E-state index is 12.8. The molecule has 0 aromatic heterocycles. The van der Waals surface area contributed by atoms with Gasteiger partial charge in [-0.3, -0.25) is 4.79 Å². The van der Waals surface area contributed by atoms with Crippen molar-refractivity contribution in [2.24, 2.45) is 23.0 Å². The molecule has 2 fully saturated rings. The molecule has 20 heavy (non-hydrogen) atoms. The lowest BCUT2D eigenvalue weighted by Crippen LogP contribution is -2.48. The number of hydrogen-bond donors (Lipinski definition) is 1. The standard InChI is InChI=1S/C17H32N2O/c1-4-17(5-2)8-10-19(11-9-17)16(20)15-12-14(18)7-6-13(15)3/h13-15H,4-12,18H2,1-3H3. The Morgan fingerprint density at radius 1 is 1.20 bits per heavy atom. The Kier molecular flexibility index (Phi) is 5.11. The molecule has 3 nitrogen and oxygen atoms in total. The average Bonchev–Trinajstić information content (AvgIpc) is 2.49. The third kappa shape index (κ3) is 3.19. The molecule has 1 amide bonds. The summed E-state index contributed by atoms with van der Waals surface area (Å²) in [6.07, 6.45) is 7.94. The Hall–Kier alpha value is -0.570. The minimum absolute atomic E-state index is 0.175. The summed E-state index contributed by atoms with van der Waals surface area (Å²) in [4.78, 5) is 14.9. The smallest absolute Gasteiger partial charge is 0.226 e. The first-order chi connectivity index (χ1) is 9.51. The van der Waals surface area contributed by atoms with Gasteiger partial charge in [0.1, 0.15) is 0 Å². The predicted octanol–water partition coefficient (Wildman–Crippen LogP) is 3.18. The average molecular weight is 280 g/mol. The van der Waals surface area contributed by atoms with Crippen molar-refractivity contribution in [2.75, 3.05) is 13.1 Å². The molecule has 116 valence electrons. The molecule has 1 aliphatic carbocycles. The van der Waals surface area contributed by atoms with Gasteiger partial charge in [0.2, 0.25) is 5.91 Å². The molecule has 0 bridgehead atoms. The van der Waals surface area contributed by atoms with E-state index in [1.54, 1.807) is 0 Å². The largest absolute Gasteiger partial charge is 0.342 e. The molecule has 3 unspecified atom stereocenters. The molecule has 0 spiro atoms. The highest BCUT2D eigenvalue weighted by molar-refractivity contribution is 5.79. The highest BCUT2D eigenvalue weighted by Crippen LogP contribution is 2.39. The zero-order valence-electron chi connectivity index (χ0n) is 13.5. The zero-order valence-corrected chi connectivity index (χ0v) is 13.5. The molecule has 3 heteroatoms. The van der Waals surface area contributed by atoms with Gasteiger partial charge in [0.05, 0.1) is 0 Å². The van der Waals surface area contributed by atoms with Crippen LogP contribution in [0.25, 0.3) is 0 Å². The number of carbonyl (C=O) groups is 1. The van der Waals surface area contributed by atoms with Crippen LogP contribution >= 0.6 is 0 Å². The minimum Gasteiger partial charge on any atom is -0.342 e. The van der Waals surface area contributed by atoms with Crippen molar-refractivity contribution in [3.8, 4) is 0 Å². The van der Waals surface area contributed by atoms with Crippen LogP contribution in [0.5, 0.6) is 0 Å². The molecule has 2 rings (SSSR count). The zero-order chi connectivity index (χ0) is 14.8. The second-order valence-electron chi connectivity index (χ2n) is 7.19. The van der Waals surface area contributed by atoms with Gasteiger partial charge in [-0.05, 0) is 43.4 Å². The van der Waals surface area contributed by atoms with Crippen molar-refractivity contribution >= 4 is 5.91 Å². The van der Waals surface area contributed by atoms with E-state index >= 15 is 0 Å². The van der Waals surface area contributed by atoms with Crippen LogP contribution in [0, 0.1) is 17.3 Å². The predicted molar refractivity (Wildman–Crippen MR) is 83.3 cm³/mol. The van der Waals surface area contributed by atoms with Crippen molar-refractivity contribution < 1.29 is 4.79 Å². The number of carbonyl (C=O) groups excluding carboxylic acids is 1. The van der Waals surface area contributed by atoms with Crippen LogP contribution in [0.1, 0.15) is 65.7 Å². The molecule has 1 heterocycles. The van der Waals surface area contributed by atoms with E-state index in [-0.39, 0.29) is 12.0 Å². The van der Waals surface area contributed by atoms with Gasteiger partial charge < -0.3 is 10.6 Å². The monoisotopic (exact) mass is 280 g/mol. The fraction of sp³-hybridized carbons (Fsp3) is 0.941. The molecular formula is C17H32N2O. The SMILES string of the molecule is CCC1(CC)CCN(C(=O)C2CC(N)CCC2C)CC1. The third-order valence-corrected chi connectivity index (χ3v) is 6.19. The van der Waals surface area contributed by atoms with Crippen LogP contribution in [0.15, 0.2) is 0 Å². The Morgan fingerprint density at radius 2 is 1.80 bits per heavy atom. The summed E-state index contributed by atoms with van der Waals surface area (Å²) < 4.78 is 0. The molecule has 2 aliphatic rings. The van der Waals surface area contributed by atoms with Crippen LogP contribution in [0.2, 0.25) is 0 Å². The highest BCUT2D eigenvalue weighted by Gasteiger charge is 2.38. The second kappa shape index (κ2) is 6.46. The summed E-state index contributed by atoms with van der Waals surface area (Å²) in [7, 11) is 0. The quantitative estimate of drug-likeness (QED) is 0.863. The fourth-order valence-electron chi connectivity index (χ4n) is 4.09. The van der Waals surface area contributed by atoms with Crippen molar-refractivity contribution in [3.05, 3.63) is 0 Å². The van der Waals surface area contributed by atoms with Gasteiger partial charge in [-0.25, -0.2) is 0 Å². The second-order valence-corrected chi connectivity index (χ2v) is 7.19. The van der Waals surface area contributed by atoms with E-state index in [1.165, 1.54) is 25.7 Å². The van der Waals surface area contributed by atoms with Gasteiger partial charge in [-0.1, -0.05) is 33.6 Å². The van der Waals surface area contributed by atoms with Gasteiger partial charge in [0.15, 0.2) is 0 Å². The number of nitrogens with two attached hydrogens (primary N) is 1. The van der Waals surface area contributed by atoms with Crippen LogP contribution < -0.4 is 5.73 Å². The van der Waals surface area contributed by atoms with E-state index in [2.05, 4.69) is 25.7 Å². The summed E-state index contributed by atoms with van der Waals surface area (Å²) in [6, 6.07) is 0.232. The molecule has 3 atom stereocenters. The third-order valence-electron chi connectivity index (χ3n) is 6.19. The maximum Gasteiger partial charge on any atom is 0.226 e. The Balaban J connectivity index is 1.94. The normalized spacial score (nSPS) is 34.0. The first kappa shape index (κ1) is 15.8. The Bertz CT molecular complexity index is 328. The molecule has 0 aromatic carbocycles. The summed E-state index contributed by atoms with van der Waals surface area (Å²) in [6.45, 7) is 8.73. The highest BCUT2D eigenvalue weighted by atomic mass is 16.2. The number of hydrogen-bond acceptors (Lipinski definition) is 2. The molecule has 0 radical (unpaired) electrons. The summed E-state index contributed by atoms with van der Waals surface area (Å²) >= 11 is 0. The molecule has 1 aliphatic heterocycles. The summed E-state index contributed by atoms with van der Waals surface area (Å²) in [5.74, 6) is 1.06. The van der Waals surface area contributed by atoms with E-state index in [1.807, 2.05) is 0 Å². The first-order valence-corrected chi connectivity index (χ1v) is 8.55. The number of amides is 1. The van der Waals surface area contributed by atoms with Crippen LogP contribution in [0.4, 0.5) is 0 Å². The van der Waals surface area contributed by atoms with Crippen molar-refractivity contribution in [1.82, 2.24) is 4.90 Å². The number of piperidine rings is 1. The van der Waals surface area contributed by atoms with E-state index in [9.17, 15) is 4.79 Å². The minimum atomic E-state index is 0.175. The number of likely N-dealkylation sites (tertiary alicyclic amines) is 1. The van der Waals surface area contributed by atoms with Crippen molar-refractivity contribution in [1.29, 1.82) is 0 Å². The van der Waals surface area contributed by atoms with Crippen LogP contribution in [-0.4, -0.2) is 29.9 Å². The lowest BCUT2D eigenvalue weighted by atomic mass is 9.73. The molecule has 1 saturated heterocycles. The van der Waals surface area contributed by atoms with Gasteiger partial charge in [-0.2, -0.15) is 0 Å². The van der Waals surface area contributed by atoms with Crippen LogP contribution in [0.3, 0.4) is 0 Å². The van der Waals surface area contributed by atoms with Gasteiger partial charge in [-0.15, -0.1) is 0 Å². The molecule has 1 saturated carbocycles. The van der Waals surface area contributed by atoms with E-state index in [4.69, 9.17) is 5.73 Å². The topological polar surface area (TPSA) is 46.3 Å². The molecule has 2 N–H and O–H groups in total. The van der Waals surface area contributed by atoms with Gasteiger partial charge >= 0.3 is 0 Å². The van der Waals surface area contributed by atoms with Crippen molar-refractivity contribution in [2.45, 2.75) is 71.8 Å². The van der Waals surface area contributed by atoms with Gasteiger partial charge in [0.25, 0.3) is 0 Å². The van der Waals surface area contributed by atoms with Crippen molar-refractivity contribution in [3.63, 3.8) is 0 Å². The van der Waals surface area contributed by atoms with E-state index in [0.29, 0.717) is 17.2 Å². The maximum absolute atomic E-state index is 12.8. The summed E-state index contributed by atoms with van der Waals surface area (Å²) in [5.41, 5.74) is 6.56. The first-order valence-electron chi connectivity index (χ1n) is 8.55. The Labute approximate surface area is 124 Å². The lowest BCUT2D eigenvalue weighted by molar-refractivity contribution is -0.141. The van der Waals surface area contributed by atoms with Crippen LogP contribution in [-0.2, 0) is 4.79 Å². The Morgan fingerprint density at radius 3 is 2.35 bits per heavy atom. The fourth-order valence-corrected chi connectivity index (χ4v) is 4.09. The van der Waals surface area contributed by atoms with E-state index < -0.39 is 0 Å². The molecule has 0 aromatic rings. The number of rotatable bonds is 3. The lowest BCUT2D eigenvalue weighted by Gasteiger charge is -2.43. The van der Waals surface area contributed by atoms with Gasteiger partial charge in [0, 0.05) is 25.0 Å². The molecular weight excluding hydrogens is 248 g/mol.